The van der Waals surface area contributed by atoms with Crippen molar-refractivity contribution in [3.8, 4) is 0 Å². The zero-order chi connectivity index (χ0) is 11.2. The number of imide groups is 1. The maximum Gasteiger partial charge on any atom is 0.280 e. The number of fused-ring (bicyclic) bond motifs is 1. The molecule has 0 N–H and O–H groups in total. The molecular formula is C10H11N3O2. The van der Waals surface area contributed by atoms with Crippen LogP contribution in [0.1, 0.15) is 41.6 Å². The van der Waals surface area contributed by atoms with Crippen LogP contribution in [0.5, 0.6) is 0 Å². The SMILES string of the molecule is CC(C)(C)N1C(=O)c2cncnc2C1=O. The Balaban J connectivity index is 2.55. The molecule has 2 amide bonds. The number of hydrogen-bond acceptors (Lipinski definition) is 4. The highest BCUT2D eigenvalue weighted by atomic mass is 16.2. The van der Waals surface area contributed by atoms with E-state index >= 15 is 0 Å². The minimum Gasteiger partial charge on any atom is -0.268 e. The van der Waals surface area contributed by atoms with Gasteiger partial charge in [0.2, 0.25) is 0 Å². The summed E-state index contributed by atoms with van der Waals surface area (Å²) in [5.41, 5.74) is -0.0446. The molecular weight excluding hydrogens is 194 g/mol. The molecule has 0 aliphatic carbocycles. The van der Waals surface area contributed by atoms with Gasteiger partial charge in [0, 0.05) is 11.7 Å². The van der Waals surface area contributed by atoms with Gasteiger partial charge in [0.05, 0.1) is 5.56 Å². The van der Waals surface area contributed by atoms with E-state index < -0.39 is 5.54 Å². The minimum atomic E-state index is -0.533. The van der Waals surface area contributed by atoms with Crippen LogP contribution >= 0.6 is 0 Å². The smallest absolute Gasteiger partial charge is 0.268 e. The quantitative estimate of drug-likeness (QED) is 0.589. The maximum atomic E-state index is 11.9. The third-order valence-electron chi connectivity index (χ3n) is 2.22. The largest absolute Gasteiger partial charge is 0.280 e. The predicted octanol–water partition coefficient (Wildman–Crippen LogP) is 0.871. The van der Waals surface area contributed by atoms with Gasteiger partial charge in [-0.05, 0) is 20.8 Å². The molecule has 5 nitrogen and oxygen atoms in total. The molecule has 0 fully saturated rings. The molecule has 15 heavy (non-hydrogen) atoms. The average Bonchev–Trinajstić information content (AvgIpc) is 2.39. The van der Waals surface area contributed by atoms with Crippen LogP contribution in [0.25, 0.3) is 0 Å². The standard InChI is InChI=1S/C10H11N3O2/c1-10(2,3)13-8(14)6-4-11-5-12-7(6)9(13)15/h4-5H,1-3H3. The lowest BCUT2D eigenvalue weighted by molar-refractivity contribution is 0.0506. The average molecular weight is 205 g/mol. The van der Waals surface area contributed by atoms with Gasteiger partial charge in [-0.3, -0.25) is 14.5 Å². The molecule has 0 aromatic carbocycles. The lowest BCUT2D eigenvalue weighted by Crippen LogP contribution is -2.45. The van der Waals surface area contributed by atoms with E-state index in [1.54, 1.807) is 0 Å². The Bertz CT molecular complexity index is 413. The van der Waals surface area contributed by atoms with Crippen LogP contribution in [0.4, 0.5) is 0 Å². The topological polar surface area (TPSA) is 63.2 Å². The molecule has 0 bridgehead atoms. The van der Waals surface area contributed by atoms with E-state index in [0.29, 0.717) is 0 Å². The van der Waals surface area contributed by atoms with Crippen LogP contribution in [0.15, 0.2) is 12.5 Å². The number of nitrogens with zero attached hydrogens (tertiary/aromatic N) is 3. The fourth-order valence-corrected chi connectivity index (χ4v) is 1.58. The Kier molecular flexibility index (Phi) is 1.86. The summed E-state index contributed by atoms with van der Waals surface area (Å²) in [5.74, 6) is -0.659. The number of aromatic nitrogens is 2. The molecule has 5 heteroatoms. The second-order valence-electron chi connectivity index (χ2n) is 4.40. The number of rotatable bonds is 0. The number of hydrogen-bond donors (Lipinski definition) is 0. The summed E-state index contributed by atoms with van der Waals surface area (Å²) in [6.45, 7) is 5.42. The Labute approximate surface area is 87.1 Å². The molecule has 0 atom stereocenters. The molecule has 0 saturated heterocycles. The third kappa shape index (κ3) is 1.31. The van der Waals surface area contributed by atoms with E-state index in [4.69, 9.17) is 0 Å². The van der Waals surface area contributed by atoms with Gasteiger partial charge >= 0.3 is 0 Å². The van der Waals surface area contributed by atoms with Crippen molar-refractivity contribution in [1.82, 2.24) is 14.9 Å². The fourth-order valence-electron chi connectivity index (χ4n) is 1.58. The molecule has 1 aliphatic rings. The maximum absolute atomic E-state index is 11.9. The van der Waals surface area contributed by atoms with Crippen molar-refractivity contribution in [2.75, 3.05) is 0 Å². The van der Waals surface area contributed by atoms with Crippen LogP contribution in [-0.4, -0.2) is 32.2 Å². The summed E-state index contributed by atoms with van der Waals surface area (Å²) in [7, 11) is 0. The van der Waals surface area contributed by atoms with E-state index in [2.05, 4.69) is 9.97 Å². The van der Waals surface area contributed by atoms with Gasteiger partial charge in [-0.1, -0.05) is 0 Å². The van der Waals surface area contributed by atoms with Crippen molar-refractivity contribution in [3.05, 3.63) is 23.8 Å². The zero-order valence-electron chi connectivity index (χ0n) is 8.81. The first kappa shape index (κ1) is 9.76. The van der Waals surface area contributed by atoms with E-state index in [1.807, 2.05) is 20.8 Å². The first-order valence-corrected chi connectivity index (χ1v) is 4.62. The summed E-state index contributed by atoms with van der Waals surface area (Å²) in [5, 5.41) is 0. The van der Waals surface area contributed by atoms with Gasteiger partial charge in [-0.25, -0.2) is 9.97 Å². The van der Waals surface area contributed by atoms with Crippen LogP contribution in [-0.2, 0) is 0 Å². The van der Waals surface area contributed by atoms with Crippen molar-refractivity contribution in [2.45, 2.75) is 26.3 Å². The Morgan fingerprint density at radius 1 is 1.20 bits per heavy atom. The molecule has 2 heterocycles. The normalized spacial score (nSPS) is 15.8. The van der Waals surface area contributed by atoms with Gasteiger partial charge in [0.25, 0.3) is 11.8 Å². The molecule has 0 saturated carbocycles. The summed E-state index contributed by atoms with van der Waals surface area (Å²) >= 11 is 0. The predicted molar refractivity (Wildman–Crippen MR) is 52.3 cm³/mol. The molecule has 0 spiro atoms. The van der Waals surface area contributed by atoms with Crippen molar-refractivity contribution in [1.29, 1.82) is 0 Å². The summed E-state index contributed by atoms with van der Waals surface area (Å²) in [4.78, 5) is 32.5. The molecule has 1 aromatic rings. The van der Waals surface area contributed by atoms with Crippen LogP contribution < -0.4 is 0 Å². The monoisotopic (exact) mass is 205 g/mol. The van der Waals surface area contributed by atoms with E-state index in [0.717, 1.165) is 0 Å². The number of amides is 2. The Hall–Kier alpha value is -1.78. The van der Waals surface area contributed by atoms with Crippen molar-refractivity contribution in [3.63, 3.8) is 0 Å². The highest BCUT2D eigenvalue weighted by Gasteiger charge is 2.42. The summed E-state index contributed by atoms with van der Waals surface area (Å²) < 4.78 is 0. The highest BCUT2D eigenvalue weighted by molar-refractivity contribution is 6.20. The Morgan fingerprint density at radius 2 is 1.87 bits per heavy atom. The molecule has 1 aliphatic heterocycles. The third-order valence-corrected chi connectivity index (χ3v) is 2.22. The van der Waals surface area contributed by atoms with Crippen LogP contribution in [0, 0.1) is 0 Å². The number of carbonyl (C=O) groups is 2. The second kappa shape index (κ2) is 2.85. The minimum absolute atomic E-state index is 0.199. The fraction of sp³-hybridized carbons (Fsp3) is 0.400. The molecule has 0 radical (unpaired) electrons. The van der Waals surface area contributed by atoms with Crippen LogP contribution in [0.3, 0.4) is 0 Å². The number of carbonyl (C=O) groups excluding carboxylic acids is 2. The highest BCUT2D eigenvalue weighted by Crippen LogP contribution is 2.26. The summed E-state index contributed by atoms with van der Waals surface area (Å²) in [6.07, 6.45) is 2.66. The van der Waals surface area contributed by atoms with Gasteiger partial charge in [-0.2, -0.15) is 0 Å². The van der Waals surface area contributed by atoms with E-state index in [1.165, 1.54) is 17.4 Å². The van der Waals surface area contributed by atoms with Gasteiger partial charge in [0.15, 0.2) is 0 Å². The molecule has 2 rings (SSSR count). The van der Waals surface area contributed by atoms with Gasteiger partial charge < -0.3 is 0 Å². The molecule has 0 unspecified atom stereocenters. The lowest BCUT2D eigenvalue weighted by atomic mass is 10.1. The van der Waals surface area contributed by atoms with E-state index in [9.17, 15) is 9.59 Å². The Morgan fingerprint density at radius 3 is 2.40 bits per heavy atom. The first-order chi connectivity index (χ1) is 6.93. The second-order valence-corrected chi connectivity index (χ2v) is 4.40. The molecule has 1 aromatic heterocycles. The van der Waals surface area contributed by atoms with Crippen molar-refractivity contribution < 1.29 is 9.59 Å². The zero-order valence-corrected chi connectivity index (χ0v) is 8.81. The van der Waals surface area contributed by atoms with Gasteiger partial charge in [0.1, 0.15) is 12.0 Å². The first-order valence-electron chi connectivity index (χ1n) is 4.62. The van der Waals surface area contributed by atoms with Gasteiger partial charge in [-0.15, -0.1) is 0 Å². The van der Waals surface area contributed by atoms with E-state index in [-0.39, 0.29) is 23.1 Å². The van der Waals surface area contributed by atoms with Crippen LogP contribution in [0.2, 0.25) is 0 Å². The van der Waals surface area contributed by atoms with Crippen molar-refractivity contribution >= 4 is 11.8 Å². The van der Waals surface area contributed by atoms with Crippen molar-refractivity contribution in [2.24, 2.45) is 0 Å². The molecule has 78 valence electrons. The lowest BCUT2D eigenvalue weighted by Gasteiger charge is -2.29. The summed E-state index contributed by atoms with van der Waals surface area (Å²) in [6, 6.07) is 0.